The van der Waals surface area contributed by atoms with Crippen molar-refractivity contribution in [3.8, 4) is 0 Å². The third kappa shape index (κ3) is 8.19. The normalized spacial score (nSPS) is 22.6. The maximum absolute atomic E-state index is 13.3. The number of nitro groups is 1. The molecular weight excluding hydrogens is 551 g/mol. The van der Waals surface area contributed by atoms with Gasteiger partial charge in [0.05, 0.1) is 11.0 Å². The van der Waals surface area contributed by atoms with Crippen molar-refractivity contribution in [3.05, 3.63) is 70.1 Å². The molecule has 3 aliphatic rings. The quantitative estimate of drug-likeness (QED) is 0.145. The highest BCUT2D eigenvalue weighted by Crippen LogP contribution is 2.38. The van der Waals surface area contributed by atoms with Crippen LogP contribution in [-0.4, -0.2) is 65.1 Å². The highest BCUT2D eigenvalue weighted by molar-refractivity contribution is 5.74. The molecule has 0 bridgehead atoms. The third-order valence-electron chi connectivity index (χ3n) is 8.24. The van der Waals surface area contributed by atoms with Crippen LogP contribution in [0.3, 0.4) is 0 Å². The molecular formula is C30H40F3N5O4. The van der Waals surface area contributed by atoms with Gasteiger partial charge in [0, 0.05) is 61.8 Å². The molecule has 2 aliphatic carbocycles. The van der Waals surface area contributed by atoms with Gasteiger partial charge in [-0.15, -0.1) is 0 Å². The predicted molar refractivity (Wildman–Crippen MR) is 155 cm³/mol. The number of urea groups is 1. The maximum Gasteiger partial charge on any atom is 0.423 e. The van der Waals surface area contributed by atoms with Crippen LogP contribution in [0, 0.1) is 10.1 Å². The first-order valence-electron chi connectivity index (χ1n) is 14.7. The van der Waals surface area contributed by atoms with Crippen LogP contribution < -0.4 is 10.6 Å². The van der Waals surface area contributed by atoms with E-state index in [1.807, 2.05) is 24.0 Å². The predicted octanol–water partition coefficient (Wildman–Crippen LogP) is 6.60. The molecule has 4 rings (SSSR count). The van der Waals surface area contributed by atoms with Crippen molar-refractivity contribution in [1.29, 1.82) is 0 Å². The number of alkyl halides is 3. The molecule has 0 aromatic heterocycles. The number of carbonyl (C=O) groups is 1. The van der Waals surface area contributed by atoms with Gasteiger partial charge in [0.1, 0.15) is 11.3 Å². The van der Waals surface area contributed by atoms with Crippen molar-refractivity contribution in [2.45, 2.75) is 82.7 Å². The van der Waals surface area contributed by atoms with Crippen LogP contribution in [0.2, 0.25) is 0 Å². The van der Waals surface area contributed by atoms with Gasteiger partial charge in [-0.2, -0.15) is 13.2 Å². The van der Waals surface area contributed by atoms with E-state index >= 15 is 0 Å². The lowest BCUT2D eigenvalue weighted by molar-refractivity contribution is -0.388. The Labute approximate surface area is 244 Å². The Morgan fingerprint density at radius 1 is 1.05 bits per heavy atom. The molecule has 0 radical (unpaired) electrons. The molecule has 0 atom stereocenters. The van der Waals surface area contributed by atoms with Crippen molar-refractivity contribution >= 4 is 17.4 Å². The first kappa shape index (κ1) is 31.2. The van der Waals surface area contributed by atoms with Crippen molar-refractivity contribution in [1.82, 2.24) is 15.1 Å². The number of ether oxygens (including phenoxy) is 1. The first-order valence-corrected chi connectivity index (χ1v) is 14.7. The Morgan fingerprint density at radius 3 is 2.26 bits per heavy atom. The van der Waals surface area contributed by atoms with E-state index in [9.17, 15) is 28.1 Å². The summed E-state index contributed by atoms with van der Waals surface area (Å²) in [6.45, 7) is 8.53. The zero-order valence-corrected chi connectivity index (χ0v) is 24.0. The number of anilines is 1. The summed E-state index contributed by atoms with van der Waals surface area (Å²) in [6.07, 6.45) is 8.04. The maximum atomic E-state index is 13.3. The number of amides is 2. The molecule has 1 aromatic rings. The van der Waals surface area contributed by atoms with Gasteiger partial charge in [-0.3, -0.25) is 10.1 Å². The van der Waals surface area contributed by atoms with Gasteiger partial charge in [-0.1, -0.05) is 19.4 Å². The molecule has 230 valence electrons. The van der Waals surface area contributed by atoms with E-state index in [4.69, 9.17) is 4.74 Å². The minimum atomic E-state index is -4.82. The van der Waals surface area contributed by atoms with Crippen molar-refractivity contribution in [2.24, 2.45) is 0 Å². The lowest BCUT2D eigenvalue weighted by Gasteiger charge is -2.37. The van der Waals surface area contributed by atoms with E-state index in [-0.39, 0.29) is 23.9 Å². The molecule has 9 nitrogen and oxygen atoms in total. The van der Waals surface area contributed by atoms with Gasteiger partial charge < -0.3 is 25.2 Å². The zero-order chi connectivity index (χ0) is 30.3. The molecule has 12 heteroatoms. The average Bonchev–Trinajstić information content (AvgIpc) is 3.48. The molecule has 0 unspecified atom stereocenters. The number of allylic oxidation sites excluding steroid dienone is 3. The number of nitrogens with zero attached hydrogens (tertiary/aromatic N) is 3. The Balaban J connectivity index is 1.26. The van der Waals surface area contributed by atoms with Crippen LogP contribution in [0.25, 0.3) is 0 Å². The second kappa shape index (κ2) is 14.0. The second-order valence-corrected chi connectivity index (χ2v) is 11.1. The summed E-state index contributed by atoms with van der Waals surface area (Å²) >= 11 is 0. The number of benzene rings is 1. The van der Waals surface area contributed by atoms with Crippen molar-refractivity contribution in [3.63, 3.8) is 0 Å². The number of halogens is 3. The summed E-state index contributed by atoms with van der Waals surface area (Å²) in [4.78, 5) is 26.7. The van der Waals surface area contributed by atoms with E-state index in [0.717, 1.165) is 30.7 Å². The summed E-state index contributed by atoms with van der Waals surface area (Å²) in [5, 5.41) is 17.3. The molecule has 2 N–H and O–H groups in total. The SMILES string of the molecule is C=C/C(=C\C(=C/C)OC1CCC(Nc2ccc([N+](=O)[O-])c(C(F)(F)F)c2)CC1)N1CCN(C(=O)NC2CCCC2)CC1. The first-order chi connectivity index (χ1) is 20.1. The third-order valence-corrected chi connectivity index (χ3v) is 8.24. The number of carbonyl (C=O) groups excluding carboxylic acids is 1. The van der Waals surface area contributed by atoms with E-state index in [0.29, 0.717) is 63.7 Å². The number of nitro benzene ring substituents is 1. The Morgan fingerprint density at radius 2 is 1.69 bits per heavy atom. The standard InChI is InChI=1S/C30H40F3N5O4/c1-3-24(36-15-17-37(18-16-36)29(39)35-21-7-5-6-8-21)20-25(4-2)42-26-12-9-22(10-13-26)34-23-11-14-28(38(40)41)27(19-23)30(31,32)33/h3-4,11,14,19-22,26,34H,1,5-10,12-13,15-18H2,2H3,(H,35,39)/b24-20+,25-4+. The average molecular weight is 592 g/mol. The number of hydrogen-bond donors (Lipinski definition) is 2. The number of hydrogen-bond acceptors (Lipinski definition) is 6. The molecule has 2 amide bonds. The number of rotatable bonds is 9. The Hall–Kier alpha value is -3.70. The van der Waals surface area contributed by atoms with Gasteiger partial charge in [0.25, 0.3) is 5.69 Å². The minimum Gasteiger partial charge on any atom is -0.491 e. The van der Waals surface area contributed by atoms with Crippen LogP contribution in [0.5, 0.6) is 0 Å². The molecule has 1 heterocycles. The van der Waals surface area contributed by atoms with Crippen LogP contribution in [0.15, 0.2) is 54.5 Å². The minimum absolute atomic E-state index is 0.0163. The summed E-state index contributed by atoms with van der Waals surface area (Å²) in [7, 11) is 0. The van der Waals surface area contributed by atoms with Gasteiger partial charge in [-0.25, -0.2) is 4.79 Å². The van der Waals surface area contributed by atoms with E-state index in [2.05, 4.69) is 22.1 Å². The van der Waals surface area contributed by atoms with Crippen molar-refractivity contribution in [2.75, 3.05) is 31.5 Å². The smallest absolute Gasteiger partial charge is 0.423 e. The van der Waals surface area contributed by atoms with E-state index in [1.54, 1.807) is 6.08 Å². The summed E-state index contributed by atoms with van der Waals surface area (Å²) < 4.78 is 46.3. The van der Waals surface area contributed by atoms with Gasteiger partial charge in [0.2, 0.25) is 0 Å². The summed E-state index contributed by atoms with van der Waals surface area (Å²) in [5.74, 6) is 0.716. The van der Waals surface area contributed by atoms with Crippen LogP contribution in [-0.2, 0) is 10.9 Å². The van der Waals surface area contributed by atoms with Crippen LogP contribution in [0.1, 0.15) is 63.9 Å². The Kier molecular flexibility index (Phi) is 10.4. The molecule has 1 aliphatic heterocycles. The molecule has 42 heavy (non-hydrogen) atoms. The molecule has 2 saturated carbocycles. The highest BCUT2D eigenvalue weighted by Gasteiger charge is 2.38. The van der Waals surface area contributed by atoms with Crippen LogP contribution in [0.4, 0.5) is 29.3 Å². The fourth-order valence-corrected chi connectivity index (χ4v) is 5.88. The molecule has 3 fully saturated rings. The largest absolute Gasteiger partial charge is 0.491 e. The Bertz CT molecular complexity index is 1180. The van der Waals surface area contributed by atoms with Gasteiger partial charge in [0.15, 0.2) is 0 Å². The van der Waals surface area contributed by atoms with Gasteiger partial charge >= 0.3 is 12.2 Å². The zero-order valence-electron chi connectivity index (χ0n) is 24.0. The topological polar surface area (TPSA) is 100.0 Å². The lowest BCUT2D eigenvalue weighted by Crippen LogP contribution is -2.52. The fraction of sp³-hybridized carbons (Fsp3) is 0.567. The monoisotopic (exact) mass is 591 g/mol. The fourth-order valence-electron chi connectivity index (χ4n) is 5.88. The summed E-state index contributed by atoms with van der Waals surface area (Å²) in [6, 6.07) is 3.27. The van der Waals surface area contributed by atoms with Crippen molar-refractivity contribution < 1.29 is 27.6 Å². The number of piperazine rings is 1. The lowest BCUT2D eigenvalue weighted by atomic mass is 9.92. The molecule has 1 aromatic carbocycles. The molecule has 0 spiro atoms. The second-order valence-electron chi connectivity index (χ2n) is 11.1. The number of nitrogens with one attached hydrogen (secondary N) is 2. The van der Waals surface area contributed by atoms with Gasteiger partial charge in [-0.05, 0) is 69.7 Å². The van der Waals surface area contributed by atoms with E-state index < -0.39 is 22.4 Å². The van der Waals surface area contributed by atoms with Crippen LogP contribution >= 0.6 is 0 Å². The molecule has 1 saturated heterocycles. The highest BCUT2D eigenvalue weighted by atomic mass is 19.4. The summed E-state index contributed by atoms with van der Waals surface area (Å²) in [5.41, 5.74) is -1.08. The van der Waals surface area contributed by atoms with E-state index in [1.165, 1.54) is 18.9 Å².